The van der Waals surface area contributed by atoms with Gasteiger partial charge in [-0.15, -0.1) is 0 Å². The van der Waals surface area contributed by atoms with E-state index < -0.39 is 12.8 Å². The summed E-state index contributed by atoms with van der Waals surface area (Å²) in [5.74, 6) is -0.572. The first-order valence-electron chi connectivity index (χ1n) is 3.40. The highest BCUT2D eigenvalue weighted by Gasteiger charge is 2.05. The minimum absolute atomic E-state index is 0.351. The van der Waals surface area contributed by atoms with E-state index in [1.54, 1.807) is 0 Å². The molecule has 0 aliphatic carbocycles. The molecule has 0 saturated carbocycles. The Morgan fingerprint density at radius 1 is 1.46 bits per heavy atom. The third-order valence-electron chi connectivity index (χ3n) is 1.22. The Hall–Kier alpha value is -1.91. The number of esters is 1. The molecule has 0 aliphatic heterocycles. The summed E-state index contributed by atoms with van der Waals surface area (Å²) >= 11 is 0. The van der Waals surface area contributed by atoms with Gasteiger partial charge < -0.3 is 9.47 Å². The van der Waals surface area contributed by atoms with Crippen molar-refractivity contribution in [1.82, 2.24) is 4.98 Å². The summed E-state index contributed by atoms with van der Waals surface area (Å²) in [4.78, 5) is 24.4. The van der Waals surface area contributed by atoms with Gasteiger partial charge in [-0.1, -0.05) is 0 Å². The standard InChI is InChI=1S/C8H6NO4/c10-5-12-6-13-8(11)7-1-3-9-4-2-7/h1-4H,6H2. The summed E-state index contributed by atoms with van der Waals surface area (Å²) in [6.07, 6.45) is 2.92. The summed E-state index contributed by atoms with van der Waals surface area (Å²) in [6, 6.07) is 2.99. The molecule has 1 rings (SSSR count). The summed E-state index contributed by atoms with van der Waals surface area (Å²) in [7, 11) is 0. The lowest BCUT2D eigenvalue weighted by molar-refractivity contribution is 0.0107. The largest absolute Gasteiger partial charge is 0.424 e. The van der Waals surface area contributed by atoms with Crippen LogP contribution in [0.15, 0.2) is 24.5 Å². The molecule has 1 heterocycles. The first-order chi connectivity index (χ1) is 6.34. The fraction of sp³-hybridized carbons (Fsp3) is 0.125. The number of pyridine rings is 1. The van der Waals surface area contributed by atoms with Crippen LogP contribution in [0.4, 0.5) is 0 Å². The van der Waals surface area contributed by atoms with Crippen LogP contribution in [0.3, 0.4) is 0 Å². The smallest absolute Gasteiger partial charge is 0.420 e. The van der Waals surface area contributed by atoms with Crippen LogP contribution in [0.5, 0.6) is 0 Å². The van der Waals surface area contributed by atoms with Crippen molar-refractivity contribution < 1.29 is 19.1 Å². The Labute approximate surface area is 74.3 Å². The average molecular weight is 180 g/mol. The molecule has 0 aliphatic rings. The first-order valence-corrected chi connectivity index (χ1v) is 3.40. The van der Waals surface area contributed by atoms with Gasteiger partial charge >= 0.3 is 12.4 Å². The van der Waals surface area contributed by atoms with E-state index in [1.165, 1.54) is 24.5 Å². The van der Waals surface area contributed by atoms with Crippen molar-refractivity contribution in [3.8, 4) is 0 Å². The van der Waals surface area contributed by atoms with Crippen molar-refractivity contribution in [3.05, 3.63) is 30.1 Å². The molecule has 0 saturated heterocycles. The molecule has 0 N–H and O–H groups in total. The highest BCUT2D eigenvalue weighted by Crippen LogP contribution is 1.98. The van der Waals surface area contributed by atoms with Crippen molar-refractivity contribution in [1.29, 1.82) is 0 Å². The van der Waals surface area contributed by atoms with E-state index in [0.29, 0.717) is 5.56 Å². The van der Waals surface area contributed by atoms with Gasteiger partial charge in [-0.3, -0.25) is 4.98 Å². The average Bonchev–Trinajstić information content (AvgIpc) is 2.19. The van der Waals surface area contributed by atoms with E-state index in [4.69, 9.17) is 0 Å². The van der Waals surface area contributed by atoms with Gasteiger partial charge in [0.05, 0.1) is 5.56 Å². The van der Waals surface area contributed by atoms with Crippen LogP contribution in [0.25, 0.3) is 0 Å². The maximum atomic E-state index is 11.1. The van der Waals surface area contributed by atoms with E-state index >= 15 is 0 Å². The highest BCUT2D eigenvalue weighted by molar-refractivity contribution is 5.89. The molecule has 0 spiro atoms. The fourth-order valence-electron chi connectivity index (χ4n) is 0.678. The zero-order valence-electron chi connectivity index (χ0n) is 6.60. The first kappa shape index (κ1) is 9.18. The van der Waals surface area contributed by atoms with Crippen molar-refractivity contribution >= 4 is 12.4 Å². The van der Waals surface area contributed by atoms with Crippen LogP contribution in [-0.4, -0.2) is 24.2 Å². The van der Waals surface area contributed by atoms with Gasteiger partial charge in [0.15, 0.2) is 0 Å². The maximum Gasteiger partial charge on any atom is 0.420 e. The van der Waals surface area contributed by atoms with Crippen LogP contribution in [0.2, 0.25) is 0 Å². The molecule has 0 aromatic carbocycles. The molecular formula is C8H6NO4. The van der Waals surface area contributed by atoms with E-state index in [2.05, 4.69) is 14.5 Å². The van der Waals surface area contributed by atoms with Crippen LogP contribution in [-0.2, 0) is 14.3 Å². The molecule has 0 bridgehead atoms. The Morgan fingerprint density at radius 2 is 2.15 bits per heavy atom. The van der Waals surface area contributed by atoms with Gasteiger partial charge in [0.25, 0.3) is 0 Å². The van der Waals surface area contributed by atoms with E-state index in [-0.39, 0.29) is 0 Å². The highest BCUT2D eigenvalue weighted by atomic mass is 16.7. The number of carbonyl (C=O) groups is 1. The monoisotopic (exact) mass is 180 g/mol. The SMILES string of the molecule is O=[C]OCOC(=O)c1ccncc1. The molecule has 0 fully saturated rings. The molecule has 5 nitrogen and oxygen atoms in total. The van der Waals surface area contributed by atoms with Gasteiger partial charge in [0.1, 0.15) is 0 Å². The second kappa shape index (κ2) is 4.87. The minimum Gasteiger partial charge on any atom is -0.424 e. The number of ether oxygens (including phenoxy) is 2. The number of carbonyl (C=O) groups excluding carboxylic acids is 2. The normalized spacial score (nSPS) is 8.92. The van der Waals surface area contributed by atoms with Gasteiger partial charge in [0.2, 0.25) is 6.79 Å². The summed E-state index contributed by atoms with van der Waals surface area (Å²) in [5.41, 5.74) is 0.351. The fourth-order valence-corrected chi connectivity index (χ4v) is 0.678. The van der Waals surface area contributed by atoms with Crippen LogP contribution < -0.4 is 0 Å². The maximum absolute atomic E-state index is 11.1. The number of hydrogen-bond acceptors (Lipinski definition) is 5. The quantitative estimate of drug-likeness (QED) is 0.378. The Balaban J connectivity index is 2.45. The second-order valence-corrected chi connectivity index (χ2v) is 2.01. The van der Waals surface area contributed by atoms with Crippen molar-refractivity contribution in [2.75, 3.05) is 6.79 Å². The number of rotatable bonds is 4. The number of hydrogen-bond donors (Lipinski definition) is 0. The van der Waals surface area contributed by atoms with E-state index in [9.17, 15) is 9.59 Å². The molecule has 1 aromatic rings. The van der Waals surface area contributed by atoms with E-state index in [0.717, 1.165) is 6.47 Å². The summed E-state index contributed by atoms with van der Waals surface area (Å²) in [5, 5.41) is 0. The molecule has 1 aromatic heterocycles. The molecular weight excluding hydrogens is 174 g/mol. The van der Waals surface area contributed by atoms with Gasteiger partial charge in [-0.2, -0.15) is 0 Å². The second-order valence-electron chi connectivity index (χ2n) is 2.01. The van der Waals surface area contributed by atoms with Gasteiger partial charge in [-0.05, 0) is 12.1 Å². The third-order valence-corrected chi connectivity index (χ3v) is 1.22. The minimum atomic E-state index is -0.572. The number of nitrogens with zero attached hydrogens (tertiary/aromatic N) is 1. The predicted octanol–water partition coefficient (Wildman–Crippen LogP) is 0.280. The summed E-state index contributed by atoms with van der Waals surface area (Å²) < 4.78 is 8.58. The van der Waals surface area contributed by atoms with E-state index in [1.807, 2.05) is 0 Å². The predicted molar refractivity (Wildman–Crippen MR) is 41.3 cm³/mol. The van der Waals surface area contributed by atoms with Gasteiger partial charge in [0, 0.05) is 12.4 Å². The zero-order chi connectivity index (χ0) is 9.52. The lowest BCUT2D eigenvalue weighted by atomic mass is 10.3. The van der Waals surface area contributed by atoms with Crippen molar-refractivity contribution in [2.24, 2.45) is 0 Å². The molecule has 0 atom stereocenters. The zero-order valence-corrected chi connectivity index (χ0v) is 6.60. The lowest BCUT2D eigenvalue weighted by Crippen LogP contribution is -2.08. The van der Waals surface area contributed by atoms with Gasteiger partial charge in [-0.25, -0.2) is 9.59 Å². The number of aromatic nitrogens is 1. The van der Waals surface area contributed by atoms with Crippen molar-refractivity contribution in [3.63, 3.8) is 0 Å². The molecule has 1 radical (unpaired) electrons. The molecule has 13 heavy (non-hydrogen) atoms. The Kier molecular flexibility index (Phi) is 3.44. The molecule has 5 heteroatoms. The Morgan fingerprint density at radius 3 is 2.77 bits per heavy atom. The lowest BCUT2D eigenvalue weighted by Gasteiger charge is -2.00. The molecule has 0 amide bonds. The molecule has 0 unspecified atom stereocenters. The Bertz CT molecular complexity index is 285. The molecule has 67 valence electrons. The summed E-state index contributed by atoms with van der Waals surface area (Å²) in [6.45, 7) is 0.709. The van der Waals surface area contributed by atoms with Crippen LogP contribution in [0.1, 0.15) is 10.4 Å². The van der Waals surface area contributed by atoms with Crippen LogP contribution >= 0.6 is 0 Å². The van der Waals surface area contributed by atoms with Crippen LogP contribution in [0, 0.1) is 0 Å². The third kappa shape index (κ3) is 2.90. The van der Waals surface area contributed by atoms with Crippen molar-refractivity contribution in [2.45, 2.75) is 0 Å². The topological polar surface area (TPSA) is 65.5 Å².